The van der Waals surface area contributed by atoms with E-state index < -0.39 is 0 Å². The average Bonchev–Trinajstić information content (AvgIpc) is 2.90. The smallest absolute Gasteiger partial charge is 0.252 e. The van der Waals surface area contributed by atoms with Gasteiger partial charge in [-0.1, -0.05) is 83.3 Å². The highest BCUT2D eigenvalue weighted by molar-refractivity contribution is 14.1. The lowest BCUT2D eigenvalue weighted by Gasteiger charge is -2.23. The summed E-state index contributed by atoms with van der Waals surface area (Å²) in [4.78, 5) is 14.7. The van der Waals surface area contributed by atoms with Crippen LogP contribution < -0.4 is 0 Å². The third-order valence-electron chi connectivity index (χ3n) is 4.15. The zero-order valence-electron chi connectivity index (χ0n) is 12.9. The standard InChI is InChI=1S/C19H20INO2/c20-12-17-11-18(23-14-16-9-5-2-6-10-16)19(22)21(17)13-15-7-3-1-4-8-15/h1-10,17-18H,11-14H2/t17-,18+/m1/s1. The number of rotatable bonds is 6. The third kappa shape index (κ3) is 4.12. The van der Waals surface area contributed by atoms with E-state index in [9.17, 15) is 4.79 Å². The molecule has 120 valence electrons. The molecule has 0 unspecified atom stereocenters. The van der Waals surface area contributed by atoms with Crippen LogP contribution in [0.15, 0.2) is 60.7 Å². The molecule has 0 bridgehead atoms. The van der Waals surface area contributed by atoms with Crippen molar-refractivity contribution in [1.29, 1.82) is 0 Å². The van der Waals surface area contributed by atoms with Gasteiger partial charge in [-0.2, -0.15) is 0 Å². The molecule has 0 saturated carbocycles. The lowest BCUT2D eigenvalue weighted by Crippen LogP contribution is -2.35. The van der Waals surface area contributed by atoms with Gasteiger partial charge in [-0.05, 0) is 11.1 Å². The number of carbonyl (C=O) groups excluding carboxylic acids is 1. The van der Waals surface area contributed by atoms with Crippen LogP contribution in [0.1, 0.15) is 17.5 Å². The number of hydrogen-bond acceptors (Lipinski definition) is 2. The maximum atomic E-state index is 12.7. The number of benzene rings is 2. The minimum absolute atomic E-state index is 0.117. The van der Waals surface area contributed by atoms with Crippen molar-refractivity contribution in [2.75, 3.05) is 4.43 Å². The van der Waals surface area contributed by atoms with Gasteiger partial charge in [0.1, 0.15) is 6.10 Å². The van der Waals surface area contributed by atoms with Crippen molar-refractivity contribution in [3.8, 4) is 0 Å². The van der Waals surface area contributed by atoms with E-state index in [4.69, 9.17) is 4.74 Å². The molecule has 1 amide bonds. The molecule has 3 nitrogen and oxygen atoms in total. The van der Waals surface area contributed by atoms with Crippen LogP contribution in [0.25, 0.3) is 0 Å². The van der Waals surface area contributed by atoms with Gasteiger partial charge >= 0.3 is 0 Å². The summed E-state index contributed by atoms with van der Waals surface area (Å²) in [6.45, 7) is 1.16. The van der Waals surface area contributed by atoms with Crippen LogP contribution >= 0.6 is 22.6 Å². The molecule has 0 spiro atoms. The molecule has 4 heteroatoms. The van der Waals surface area contributed by atoms with Crippen molar-refractivity contribution < 1.29 is 9.53 Å². The summed E-state index contributed by atoms with van der Waals surface area (Å²) in [6, 6.07) is 20.4. The van der Waals surface area contributed by atoms with Crippen LogP contribution in [0.3, 0.4) is 0 Å². The molecule has 1 aliphatic rings. The Labute approximate surface area is 150 Å². The predicted octanol–water partition coefficient (Wildman–Crippen LogP) is 3.81. The topological polar surface area (TPSA) is 29.5 Å². The zero-order chi connectivity index (χ0) is 16.1. The highest BCUT2D eigenvalue weighted by Gasteiger charge is 2.39. The fourth-order valence-corrected chi connectivity index (χ4v) is 3.72. The van der Waals surface area contributed by atoms with Crippen molar-refractivity contribution in [1.82, 2.24) is 4.90 Å². The molecule has 0 N–H and O–H groups in total. The third-order valence-corrected chi connectivity index (χ3v) is 5.17. The molecule has 2 atom stereocenters. The molecule has 0 aliphatic carbocycles. The summed E-state index contributed by atoms with van der Waals surface area (Å²) >= 11 is 2.36. The molecule has 1 fully saturated rings. The number of likely N-dealkylation sites (tertiary alicyclic amines) is 1. The lowest BCUT2D eigenvalue weighted by atomic mass is 10.2. The maximum absolute atomic E-state index is 12.7. The van der Waals surface area contributed by atoms with E-state index in [1.54, 1.807) is 0 Å². The van der Waals surface area contributed by atoms with Crippen LogP contribution in [0, 0.1) is 0 Å². The molecule has 3 rings (SSSR count). The minimum atomic E-state index is -0.321. The quantitative estimate of drug-likeness (QED) is 0.525. The summed E-state index contributed by atoms with van der Waals surface area (Å²) in [7, 11) is 0. The van der Waals surface area contributed by atoms with E-state index in [0.717, 1.165) is 16.4 Å². The number of halogens is 1. The van der Waals surface area contributed by atoms with Crippen LogP contribution in [-0.2, 0) is 22.7 Å². The van der Waals surface area contributed by atoms with Gasteiger partial charge in [0.25, 0.3) is 5.91 Å². The monoisotopic (exact) mass is 421 g/mol. The van der Waals surface area contributed by atoms with Gasteiger partial charge in [-0.3, -0.25) is 4.79 Å². The van der Waals surface area contributed by atoms with Crippen LogP contribution in [0.2, 0.25) is 0 Å². The fraction of sp³-hybridized carbons (Fsp3) is 0.316. The molecular formula is C19H20INO2. The predicted molar refractivity (Wildman–Crippen MR) is 99.3 cm³/mol. The molecule has 2 aromatic rings. The number of alkyl halides is 1. The molecule has 1 saturated heterocycles. The molecule has 0 radical (unpaired) electrons. The Bertz CT molecular complexity index is 632. The SMILES string of the molecule is O=C1[C@@H](OCc2ccccc2)C[C@H](CI)N1Cc1ccccc1. The van der Waals surface area contributed by atoms with Gasteiger partial charge in [0.15, 0.2) is 0 Å². The number of ether oxygens (including phenoxy) is 1. The Kier molecular flexibility index (Phi) is 5.67. The van der Waals surface area contributed by atoms with Gasteiger partial charge in [0, 0.05) is 23.4 Å². The summed E-state index contributed by atoms with van der Waals surface area (Å²) in [5.74, 6) is 0.117. The summed E-state index contributed by atoms with van der Waals surface area (Å²) in [5.41, 5.74) is 2.27. The van der Waals surface area contributed by atoms with Gasteiger partial charge in [-0.25, -0.2) is 0 Å². The van der Waals surface area contributed by atoms with Gasteiger partial charge < -0.3 is 9.64 Å². The number of nitrogens with zero attached hydrogens (tertiary/aromatic N) is 1. The first-order valence-corrected chi connectivity index (χ1v) is 9.36. The fourth-order valence-electron chi connectivity index (χ4n) is 2.88. The van der Waals surface area contributed by atoms with Gasteiger partial charge in [-0.15, -0.1) is 0 Å². The summed E-state index contributed by atoms with van der Waals surface area (Å²) < 4.78 is 6.84. The number of amides is 1. The average molecular weight is 421 g/mol. The molecule has 2 aromatic carbocycles. The Hall–Kier alpha value is -1.40. The Morgan fingerprint density at radius 3 is 2.22 bits per heavy atom. The van der Waals surface area contributed by atoms with E-state index in [-0.39, 0.29) is 18.1 Å². The summed E-state index contributed by atoms with van der Waals surface area (Å²) in [6.07, 6.45) is 0.459. The van der Waals surface area contributed by atoms with Crippen molar-refractivity contribution >= 4 is 28.5 Å². The summed E-state index contributed by atoms with van der Waals surface area (Å²) in [5, 5.41) is 0. The minimum Gasteiger partial charge on any atom is -0.364 e. The Morgan fingerprint density at radius 2 is 1.61 bits per heavy atom. The molecule has 1 aliphatic heterocycles. The van der Waals surface area contributed by atoms with Crippen LogP contribution in [0.4, 0.5) is 0 Å². The number of carbonyl (C=O) groups is 1. The molecular weight excluding hydrogens is 401 g/mol. The van der Waals surface area contributed by atoms with Crippen molar-refractivity contribution in [3.05, 3.63) is 71.8 Å². The van der Waals surface area contributed by atoms with Crippen molar-refractivity contribution in [3.63, 3.8) is 0 Å². The van der Waals surface area contributed by atoms with E-state index in [1.165, 1.54) is 5.56 Å². The normalized spacial score (nSPS) is 20.9. The van der Waals surface area contributed by atoms with Crippen molar-refractivity contribution in [2.24, 2.45) is 0 Å². The van der Waals surface area contributed by atoms with Crippen LogP contribution in [0.5, 0.6) is 0 Å². The maximum Gasteiger partial charge on any atom is 0.252 e. The largest absolute Gasteiger partial charge is 0.364 e. The van der Waals surface area contributed by atoms with Gasteiger partial charge in [0.2, 0.25) is 0 Å². The van der Waals surface area contributed by atoms with E-state index in [0.29, 0.717) is 13.2 Å². The first-order valence-electron chi connectivity index (χ1n) is 7.84. The second kappa shape index (κ2) is 7.93. The molecule has 1 heterocycles. The second-order valence-corrected chi connectivity index (χ2v) is 6.66. The van der Waals surface area contributed by atoms with Gasteiger partial charge in [0.05, 0.1) is 6.61 Å². The van der Waals surface area contributed by atoms with Crippen molar-refractivity contribution in [2.45, 2.75) is 31.7 Å². The van der Waals surface area contributed by atoms with E-state index in [1.807, 2.05) is 53.4 Å². The first kappa shape index (κ1) is 16.5. The Balaban J connectivity index is 1.64. The second-order valence-electron chi connectivity index (χ2n) is 5.78. The Morgan fingerprint density at radius 1 is 1.00 bits per heavy atom. The lowest BCUT2D eigenvalue weighted by molar-refractivity contribution is -0.139. The molecule has 0 aromatic heterocycles. The zero-order valence-corrected chi connectivity index (χ0v) is 15.1. The van der Waals surface area contributed by atoms with E-state index in [2.05, 4.69) is 34.7 Å². The number of hydrogen-bond donors (Lipinski definition) is 0. The first-order chi connectivity index (χ1) is 11.3. The molecule has 23 heavy (non-hydrogen) atoms. The van der Waals surface area contributed by atoms with E-state index >= 15 is 0 Å². The highest BCUT2D eigenvalue weighted by atomic mass is 127. The highest BCUT2D eigenvalue weighted by Crippen LogP contribution is 2.26. The van der Waals surface area contributed by atoms with Crippen LogP contribution in [-0.4, -0.2) is 27.4 Å².